The highest BCUT2D eigenvalue weighted by Gasteiger charge is 2.06. The molecular formula is C18H15Cl2FN4. The Hall–Kier alpha value is -2.37. The minimum Gasteiger partial charge on any atom is -0.350 e. The zero-order valence-corrected chi connectivity index (χ0v) is 14.9. The van der Waals surface area contributed by atoms with Gasteiger partial charge in [0.05, 0.1) is 0 Å². The second-order valence-electron chi connectivity index (χ2n) is 5.45. The summed E-state index contributed by atoms with van der Waals surface area (Å²) < 4.78 is 13.7. The zero-order valence-electron chi connectivity index (χ0n) is 13.4. The predicted octanol–water partition coefficient (Wildman–Crippen LogP) is 5.59. The second kappa shape index (κ2) is 7.68. The summed E-state index contributed by atoms with van der Waals surface area (Å²) in [7, 11) is 0. The summed E-state index contributed by atoms with van der Waals surface area (Å²) in [6.07, 6.45) is 0. The standard InChI is InChI=1S/C18H15Cl2FN4/c1-11-6-17(24-15-8-13(19)7-14(20)9-15)25-18(23-11)22-10-12-4-2-3-5-16(12)21/h2-9H,10H2,1H3,(H2,22,23,24,25). The first-order valence-electron chi connectivity index (χ1n) is 7.56. The third-order valence-electron chi connectivity index (χ3n) is 3.38. The van der Waals surface area contributed by atoms with E-state index in [1.165, 1.54) is 6.07 Å². The molecule has 1 heterocycles. The first-order chi connectivity index (χ1) is 12.0. The molecule has 0 radical (unpaired) electrons. The highest BCUT2D eigenvalue weighted by molar-refractivity contribution is 6.35. The van der Waals surface area contributed by atoms with Crippen molar-refractivity contribution in [3.05, 3.63) is 75.7 Å². The van der Waals surface area contributed by atoms with E-state index < -0.39 is 0 Å². The molecule has 1 aromatic heterocycles. The largest absolute Gasteiger partial charge is 0.350 e. The van der Waals surface area contributed by atoms with Gasteiger partial charge in [0.2, 0.25) is 5.95 Å². The lowest BCUT2D eigenvalue weighted by Gasteiger charge is -2.11. The Bertz CT molecular complexity index is 882. The van der Waals surface area contributed by atoms with Crippen LogP contribution in [0.1, 0.15) is 11.3 Å². The normalized spacial score (nSPS) is 10.6. The number of anilines is 3. The van der Waals surface area contributed by atoms with E-state index >= 15 is 0 Å². The summed E-state index contributed by atoms with van der Waals surface area (Å²) in [4.78, 5) is 8.71. The van der Waals surface area contributed by atoms with Crippen molar-refractivity contribution >= 4 is 40.7 Å². The lowest BCUT2D eigenvalue weighted by atomic mass is 10.2. The average molecular weight is 377 g/mol. The molecule has 0 aliphatic rings. The van der Waals surface area contributed by atoms with E-state index in [-0.39, 0.29) is 5.82 Å². The molecule has 25 heavy (non-hydrogen) atoms. The maximum absolute atomic E-state index is 13.7. The van der Waals surface area contributed by atoms with E-state index in [2.05, 4.69) is 20.6 Å². The summed E-state index contributed by atoms with van der Waals surface area (Å²) in [5.74, 6) is 0.718. The summed E-state index contributed by atoms with van der Waals surface area (Å²) in [6.45, 7) is 2.14. The Morgan fingerprint density at radius 2 is 1.72 bits per heavy atom. The van der Waals surface area contributed by atoms with Gasteiger partial charge >= 0.3 is 0 Å². The van der Waals surface area contributed by atoms with Crippen molar-refractivity contribution in [3.63, 3.8) is 0 Å². The Morgan fingerprint density at radius 3 is 2.44 bits per heavy atom. The molecule has 0 saturated heterocycles. The number of nitrogens with one attached hydrogen (secondary N) is 2. The van der Waals surface area contributed by atoms with Crippen LogP contribution in [0.15, 0.2) is 48.5 Å². The fourth-order valence-electron chi connectivity index (χ4n) is 2.30. The maximum Gasteiger partial charge on any atom is 0.225 e. The quantitative estimate of drug-likeness (QED) is 0.609. The molecule has 4 nitrogen and oxygen atoms in total. The van der Waals surface area contributed by atoms with Crippen molar-refractivity contribution in [1.82, 2.24) is 9.97 Å². The van der Waals surface area contributed by atoms with Gasteiger partial charge in [-0.3, -0.25) is 0 Å². The van der Waals surface area contributed by atoms with Crippen molar-refractivity contribution < 1.29 is 4.39 Å². The predicted molar refractivity (Wildman–Crippen MR) is 100 cm³/mol. The van der Waals surface area contributed by atoms with Crippen molar-refractivity contribution in [2.24, 2.45) is 0 Å². The van der Waals surface area contributed by atoms with Crippen LogP contribution >= 0.6 is 23.2 Å². The van der Waals surface area contributed by atoms with E-state index in [0.717, 1.165) is 11.4 Å². The molecule has 0 saturated carbocycles. The number of benzene rings is 2. The molecule has 3 aromatic rings. The topological polar surface area (TPSA) is 49.8 Å². The van der Waals surface area contributed by atoms with Gasteiger partial charge in [0.1, 0.15) is 11.6 Å². The van der Waals surface area contributed by atoms with Gasteiger partial charge < -0.3 is 10.6 Å². The minimum atomic E-state index is -0.269. The fourth-order valence-corrected chi connectivity index (χ4v) is 2.83. The highest BCUT2D eigenvalue weighted by Crippen LogP contribution is 2.25. The molecular weight excluding hydrogens is 362 g/mol. The molecule has 0 aliphatic heterocycles. The molecule has 7 heteroatoms. The number of aromatic nitrogens is 2. The molecule has 0 fully saturated rings. The van der Waals surface area contributed by atoms with Crippen LogP contribution in [0.3, 0.4) is 0 Å². The SMILES string of the molecule is Cc1cc(Nc2cc(Cl)cc(Cl)c2)nc(NCc2ccccc2F)n1. The van der Waals surface area contributed by atoms with Gasteiger partial charge in [-0.05, 0) is 31.2 Å². The minimum absolute atomic E-state index is 0.269. The van der Waals surface area contributed by atoms with Gasteiger partial charge in [0.15, 0.2) is 0 Å². The smallest absolute Gasteiger partial charge is 0.225 e. The molecule has 0 unspecified atom stereocenters. The van der Waals surface area contributed by atoms with E-state index in [0.29, 0.717) is 33.9 Å². The molecule has 0 aliphatic carbocycles. The number of halogens is 3. The molecule has 2 N–H and O–H groups in total. The average Bonchev–Trinajstić information content (AvgIpc) is 2.52. The third-order valence-corrected chi connectivity index (χ3v) is 3.82. The van der Waals surface area contributed by atoms with Crippen LogP contribution in [0.4, 0.5) is 21.8 Å². The van der Waals surface area contributed by atoms with Crippen molar-refractivity contribution in [2.45, 2.75) is 13.5 Å². The van der Waals surface area contributed by atoms with Crippen LogP contribution in [-0.4, -0.2) is 9.97 Å². The molecule has 0 amide bonds. The molecule has 2 aromatic carbocycles. The van der Waals surface area contributed by atoms with Gasteiger partial charge in [0.25, 0.3) is 0 Å². The zero-order chi connectivity index (χ0) is 17.8. The summed E-state index contributed by atoms with van der Waals surface area (Å²) >= 11 is 12.0. The van der Waals surface area contributed by atoms with Gasteiger partial charge in [0, 0.05) is 39.6 Å². The number of nitrogens with zero attached hydrogens (tertiary/aromatic N) is 2. The Balaban J connectivity index is 1.77. The van der Waals surface area contributed by atoms with Crippen molar-refractivity contribution in [1.29, 1.82) is 0 Å². The van der Waals surface area contributed by atoms with Crippen molar-refractivity contribution in [3.8, 4) is 0 Å². The lowest BCUT2D eigenvalue weighted by Crippen LogP contribution is -2.07. The summed E-state index contributed by atoms with van der Waals surface area (Å²) in [5, 5.41) is 7.23. The van der Waals surface area contributed by atoms with E-state index in [1.54, 1.807) is 42.5 Å². The molecule has 0 spiro atoms. The van der Waals surface area contributed by atoms with Crippen LogP contribution in [0.25, 0.3) is 0 Å². The van der Waals surface area contributed by atoms with Crippen LogP contribution in [0.5, 0.6) is 0 Å². The second-order valence-corrected chi connectivity index (χ2v) is 6.32. The third kappa shape index (κ3) is 4.81. The van der Waals surface area contributed by atoms with Gasteiger partial charge in [-0.2, -0.15) is 4.98 Å². The Labute approximate surface area is 155 Å². The number of hydrogen-bond acceptors (Lipinski definition) is 4. The van der Waals surface area contributed by atoms with Crippen LogP contribution < -0.4 is 10.6 Å². The lowest BCUT2D eigenvalue weighted by molar-refractivity contribution is 0.612. The Kier molecular flexibility index (Phi) is 5.36. The highest BCUT2D eigenvalue weighted by atomic mass is 35.5. The number of hydrogen-bond donors (Lipinski definition) is 2. The monoisotopic (exact) mass is 376 g/mol. The first kappa shape index (κ1) is 17.5. The number of rotatable bonds is 5. The molecule has 0 bridgehead atoms. The van der Waals surface area contributed by atoms with E-state index in [4.69, 9.17) is 23.2 Å². The van der Waals surface area contributed by atoms with Gasteiger partial charge in [-0.15, -0.1) is 0 Å². The Morgan fingerprint density at radius 1 is 1.00 bits per heavy atom. The van der Waals surface area contributed by atoms with Crippen molar-refractivity contribution in [2.75, 3.05) is 10.6 Å². The fraction of sp³-hybridized carbons (Fsp3) is 0.111. The van der Waals surface area contributed by atoms with E-state index in [1.807, 2.05) is 6.92 Å². The van der Waals surface area contributed by atoms with Crippen LogP contribution in [0, 0.1) is 12.7 Å². The van der Waals surface area contributed by atoms with Gasteiger partial charge in [-0.1, -0.05) is 41.4 Å². The first-order valence-corrected chi connectivity index (χ1v) is 8.31. The molecule has 0 atom stereocenters. The van der Waals surface area contributed by atoms with Crippen LogP contribution in [-0.2, 0) is 6.54 Å². The summed E-state index contributed by atoms with van der Waals surface area (Å²) in [5.41, 5.74) is 2.03. The molecule has 3 rings (SSSR count). The maximum atomic E-state index is 13.7. The van der Waals surface area contributed by atoms with Crippen LogP contribution in [0.2, 0.25) is 10.0 Å². The molecule has 128 valence electrons. The summed E-state index contributed by atoms with van der Waals surface area (Å²) in [6, 6.07) is 13.5. The van der Waals surface area contributed by atoms with E-state index in [9.17, 15) is 4.39 Å². The van der Waals surface area contributed by atoms with Gasteiger partial charge in [-0.25, -0.2) is 9.37 Å². The number of aryl methyl sites for hydroxylation is 1.